The molecule has 1 amide bonds. The molecule has 0 aliphatic rings. The normalized spacial score (nSPS) is 12.5. The summed E-state index contributed by atoms with van der Waals surface area (Å²) in [5.74, 6) is -0.631. The lowest BCUT2D eigenvalue weighted by Crippen LogP contribution is -2.48. The summed E-state index contributed by atoms with van der Waals surface area (Å²) in [7, 11) is 1.27. The Morgan fingerprint density at radius 2 is 1.18 bits per heavy atom. The molecule has 3 aromatic rings. The van der Waals surface area contributed by atoms with Crippen LogP contribution in [-0.4, -0.2) is 37.4 Å². The summed E-state index contributed by atoms with van der Waals surface area (Å²) in [6, 6.07) is 28.3. The van der Waals surface area contributed by atoms with Gasteiger partial charge in [0, 0.05) is 0 Å². The zero-order valence-electron chi connectivity index (χ0n) is 20.0. The summed E-state index contributed by atoms with van der Waals surface area (Å²) in [5.41, 5.74) is 0.897. The van der Waals surface area contributed by atoms with E-state index in [9.17, 15) is 9.59 Å². The van der Waals surface area contributed by atoms with E-state index in [1.165, 1.54) is 7.11 Å². The van der Waals surface area contributed by atoms with Gasteiger partial charge >= 0.3 is 12.1 Å². The number of hydrogen-bond donors (Lipinski definition) is 1. The summed E-state index contributed by atoms with van der Waals surface area (Å²) in [6.45, 7) is 5.11. The van der Waals surface area contributed by atoms with Gasteiger partial charge in [0.15, 0.2) is 6.04 Å². The zero-order valence-corrected chi connectivity index (χ0v) is 20.0. The lowest BCUT2D eigenvalue weighted by atomic mass is 9.80. The van der Waals surface area contributed by atoms with Gasteiger partial charge in [-0.15, -0.1) is 0 Å². The van der Waals surface area contributed by atoms with Crippen molar-refractivity contribution in [1.29, 1.82) is 0 Å². The van der Waals surface area contributed by atoms with E-state index in [4.69, 9.17) is 14.2 Å². The standard InChI is InChI=1S/C28H31NO5/c1-27(2,3)34-26(31)29-24(25(30)32-4)20-33-28(21-14-8-5-9-15-21,22-16-10-6-11-17-22)23-18-12-7-13-19-23/h5-19,24H,20H2,1-4H3,(H,29,31)/t24-/m0/s1. The number of alkyl carbamates (subject to hydrolysis) is 1. The molecule has 6 heteroatoms. The number of amides is 1. The Labute approximate surface area is 200 Å². The van der Waals surface area contributed by atoms with Gasteiger partial charge in [-0.2, -0.15) is 0 Å². The number of hydrogen-bond acceptors (Lipinski definition) is 5. The van der Waals surface area contributed by atoms with E-state index in [-0.39, 0.29) is 6.61 Å². The SMILES string of the molecule is COC(=O)[C@H](COC(c1ccccc1)(c1ccccc1)c1ccccc1)NC(=O)OC(C)(C)C. The Morgan fingerprint density at radius 1 is 0.765 bits per heavy atom. The van der Waals surface area contributed by atoms with Crippen LogP contribution in [0.3, 0.4) is 0 Å². The predicted molar refractivity (Wildman–Crippen MR) is 130 cm³/mol. The lowest BCUT2D eigenvalue weighted by Gasteiger charge is -2.37. The fourth-order valence-electron chi connectivity index (χ4n) is 3.74. The first-order chi connectivity index (χ1) is 16.3. The maximum atomic E-state index is 12.6. The number of carbonyl (C=O) groups excluding carboxylic acids is 2. The van der Waals surface area contributed by atoms with Crippen molar-refractivity contribution in [2.24, 2.45) is 0 Å². The molecule has 6 nitrogen and oxygen atoms in total. The first-order valence-electron chi connectivity index (χ1n) is 11.1. The molecule has 3 rings (SSSR count). The minimum Gasteiger partial charge on any atom is -0.467 e. The minimum absolute atomic E-state index is 0.148. The molecular weight excluding hydrogens is 430 g/mol. The summed E-state index contributed by atoms with van der Waals surface area (Å²) in [5, 5.41) is 2.59. The van der Waals surface area contributed by atoms with Crippen LogP contribution in [0, 0.1) is 0 Å². The van der Waals surface area contributed by atoms with Crippen LogP contribution in [0.1, 0.15) is 37.5 Å². The molecule has 0 aliphatic carbocycles. The van der Waals surface area contributed by atoms with Crippen molar-refractivity contribution < 1.29 is 23.8 Å². The molecule has 34 heavy (non-hydrogen) atoms. The van der Waals surface area contributed by atoms with Crippen LogP contribution in [-0.2, 0) is 24.6 Å². The molecule has 0 fully saturated rings. The van der Waals surface area contributed by atoms with Crippen molar-refractivity contribution in [1.82, 2.24) is 5.32 Å². The Balaban J connectivity index is 2.04. The summed E-state index contributed by atoms with van der Waals surface area (Å²) in [4.78, 5) is 25.0. The van der Waals surface area contributed by atoms with Gasteiger partial charge in [-0.05, 0) is 37.5 Å². The number of methoxy groups -OCH3 is 1. The molecule has 1 atom stereocenters. The van der Waals surface area contributed by atoms with Crippen molar-refractivity contribution in [2.45, 2.75) is 38.0 Å². The van der Waals surface area contributed by atoms with Gasteiger partial charge in [0.25, 0.3) is 0 Å². The zero-order chi connectivity index (χ0) is 24.6. The fourth-order valence-corrected chi connectivity index (χ4v) is 3.74. The molecule has 0 unspecified atom stereocenters. The largest absolute Gasteiger partial charge is 0.467 e. The van der Waals surface area contributed by atoms with Gasteiger partial charge in [-0.1, -0.05) is 91.0 Å². The smallest absolute Gasteiger partial charge is 0.408 e. The van der Waals surface area contributed by atoms with E-state index in [1.54, 1.807) is 20.8 Å². The third-order valence-corrected chi connectivity index (χ3v) is 5.18. The molecule has 0 saturated carbocycles. The number of ether oxygens (including phenoxy) is 3. The van der Waals surface area contributed by atoms with E-state index < -0.39 is 29.3 Å². The van der Waals surface area contributed by atoms with Crippen molar-refractivity contribution in [3.05, 3.63) is 108 Å². The van der Waals surface area contributed by atoms with E-state index in [2.05, 4.69) is 5.32 Å². The van der Waals surface area contributed by atoms with E-state index in [1.807, 2.05) is 91.0 Å². The number of esters is 1. The van der Waals surface area contributed by atoms with Gasteiger partial charge in [0.1, 0.15) is 11.2 Å². The maximum Gasteiger partial charge on any atom is 0.408 e. The first kappa shape index (κ1) is 25.0. The van der Waals surface area contributed by atoms with Crippen LogP contribution in [0.25, 0.3) is 0 Å². The quantitative estimate of drug-likeness (QED) is 0.375. The van der Waals surface area contributed by atoms with Crippen LogP contribution in [0.15, 0.2) is 91.0 Å². The highest BCUT2D eigenvalue weighted by Crippen LogP contribution is 2.40. The van der Waals surface area contributed by atoms with Crippen LogP contribution in [0.2, 0.25) is 0 Å². The van der Waals surface area contributed by atoms with Gasteiger partial charge in [-0.25, -0.2) is 9.59 Å². The fraction of sp³-hybridized carbons (Fsp3) is 0.286. The van der Waals surface area contributed by atoms with E-state index in [0.29, 0.717) is 0 Å². The molecule has 0 aliphatic heterocycles. The highest BCUT2D eigenvalue weighted by atomic mass is 16.6. The Kier molecular flexibility index (Phi) is 8.08. The molecule has 0 bridgehead atoms. The second-order valence-electron chi connectivity index (χ2n) is 8.81. The van der Waals surface area contributed by atoms with Crippen LogP contribution in [0.5, 0.6) is 0 Å². The average Bonchev–Trinajstić information content (AvgIpc) is 2.84. The molecule has 3 aromatic carbocycles. The first-order valence-corrected chi connectivity index (χ1v) is 11.1. The molecular formula is C28H31NO5. The van der Waals surface area contributed by atoms with Crippen molar-refractivity contribution >= 4 is 12.1 Å². The Bertz CT molecular complexity index is 966. The second-order valence-corrected chi connectivity index (χ2v) is 8.81. The number of nitrogens with one attached hydrogen (secondary N) is 1. The van der Waals surface area contributed by atoms with E-state index >= 15 is 0 Å². The minimum atomic E-state index is -1.07. The topological polar surface area (TPSA) is 73.9 Å². The summed E-state index contributed by atoms with van der Waals surface area (Å²) in [6.07, 6.45) is -0.726. The highest BCUT2D eigenvalue weighted by molar-refractivity contribution is 5.81. The number of rotatable bonds is 8. The average molecular weight is 462 g/mol. The monoisotopic (exact) mass is 461 g/mol. The Morgan fingerprint density at radius 3 is 1.53 bits per heavy atom. The summed E-state index contributed by atoms with van der Waals surface area (Å²) < 4.78 is 16.9. The molecule has 1 N–H and O–H groups in total. The second kappa shape index (κ2) is 11.0. The third-order valence-electron chi connectivity index (χ3n) is 5.18. The highest BCUT2D eigenvalue weighted by Gasteiger charge is 2.39. The van der Waals surface area contributed by atoms with Crippen molar-refractivity contribution in [3.8, 4) is 0 Å². The number of carbonyl (C=O) groups is 2. The van der Waals surface area contributed by atoms with Gasteiger partial charge < -0.3 is 19.5 Å². The molecule has 0 heterocycles. The van der Waals surface area contributed by atoms with Gasteiger partial charge in [-0.3, -0.25) is 0 Å². The molecule has 0 saturated heterocycles. The Hall–Kier alpha value is -3.64. The van der Waals surface area contributed by atoms with Gasteiger partial charge in [0.05, 0.1) is 13.7 Å². The molecule has 178 valence electrons. The summed E-state index contributed by atoms with van der Waals surface area (Å²) >= 11 is 0. The van der Waals surface area contributed by atoms with E-state index in [0.717, 1.165) is 16.7 Å². The van der Waals surface area contributed by atoms with Gasteiger partial charge in [0.2, 0.25) is 0 Å². The maximum absolute atomic E-state index is 12.6. The predicted octanol–water partition coefficient (Wildman–Crippen LogP) is 5.06. The van der Waals surface area contributed by atoms with Crippen LogP contribution >= 0.6 is 0 Å². The number of benzene rings is 3. The van der Waals surface area contributed by atoms with Crippen LogP contribution < -0.4 is 5.32 Å². The lowest BCUT2D eigenvalue weighted by molar-refractivity contribution is -0.146. The molecule has 0 radical (unpaired) electrons. The molecule has 0 spiro atoms. The molecule has 0 aromatic heterocycles. The third kappa shape index (κ3) is 6.02. The van der Waals surface area contributed by atoms with Crippen LogP contribution in [0.4, 0.5) is 4.79 Å². The van der Waals surface area contributed by atoms with Crippen molar-refractivity contribution in [3.63, 3.8) is 0 Å². The van der Waals surface area contributed by atoms with Crippen molar-refractivity contribution in [2.75, 3.05) is 13.7 Å².